The number of rotatable bonds is 4. The van der Waals surface area contributed by atoms with E-state index in [0.29, 0.717) is 0 Å². The normalized spacial score (nSPS) is 11.2. The largest absolute Gasteiger partial charge is 0.358 e. The summed E-state index contributed by atoms with van der Waals surface area (Å²) >= 11 is 0. The number of aromatic amines is 1. The highest BCUT2D eigenvalue weighted by Gasteiger charge is 2.15. The second-order valence-electron chi connectivity index (χ2n) is 2.43. The van der Waals surface area contributed by atoms with E-state index in [1.807, 2.05) is 0 Å². The molecule has 0 aliphatic carbocycles. The van der Waals surface area contributed by atoms with Gasteiger partial charge < -0.3 is 5.32 Å². The van der Waals surface area contributed by atoms with Crippen molar-refractivity contribution in [3.63, 3.8) is 0 Å². The molecule has 1 amide bonds. The number of likely N-dealkylation sites (N-methyl/N-ethyl adjacent to an activating group) is 1. The molecule has 0 aromatic carbocycles. The SMILES string of the molecule is CNC(=O)CNS(=O)(=O)c1cn[nH]c1. The first-order valence-electron chi connectivity index (χ1n) is 3.75. The van der Waals surface area contributed by atoms with Crippen LogP contribution in [-0.2, 0) is 14.8 Å². The Balaban J connectivity index is 2.65. The summed E-state index contributed by atoms with van der Waals surface area (Å²) < 4.78 is 24.8. The van der Waals surface area contributed by atoms with Crippen LogP contribution in [0.25, 0.3) is 0 Å². The van der Waals surface area contributed by atoms with Gasteiger partial charge in [-0.2, -0.15) is 5.10 Å². The molecule has 0 radical (unpaired) electrons. The minimum atomic E-state index is -3.63. The predicted octanol–water partition coefficient (Wildman–Crippen LogP) is -1.57. The van der Waals surface area contributed by atoms with Crippen molar-refractivity contribution in [2.75, 3.05) is 13.6 Å². The summed E-state index contributed by atoms with van der Waals surface area (Å²) in [4.78, 5) is 10.8. The standard InChI is InChI=1S/C6H10N4O3S/c1-7-6(11)4-10-14(12,13)5-2-8-9-3-5/h2-3,10H,4H2,1H3,(H,7,11)(H,8,9). The summed E-state index contributed by atoms with van der Waals surface area (Å²) in [7, 11) is -2.20. The third kappa shape index (κ3) is 2.54. The summed E-state index contributed by atoms with van der Waals surface area (Å²) in [6.45, 7) is -0.288. The Morgan fingerprint density at radius 2 is 2.36 bits per heavy atom. The molecule has 8 heteroatoms. The Morgan fingerprint density at radius 1 is 1.64 bits per heavy atom. The summed E-state index contributed by atoms with van der Waals surface area (Å²) in [5.41, 5.74) is 0. The molecule has 0 aliphatic rings. The molecule has 0 atom stereocenters. The molecular formula is C6H10N4O3S. The van der Waals surface area contributed by atoms with Crippen molar-refractivity contribution >= 4 is 15.9 Å². The minimum absolute atomic E-state index is 0.00130. The number of amides is 1. The highest BCUT2D eigenvalue weighted by atomic mass is 32.2. The number of hydrogen-bond donors (Lipinski definition) is 3. The van der Waals surface area contributed by atoms with Gasteiger partial charge in [0.2, 0.25) is 15.9 Å². The molecule has 0 spiro atoms. The van der Waals surface area contributed by atoms with Crippen molar-refractivity contribution in [2.24, 2.45) is 0 Å². The fourth-order valence-corrected chi connectivity index (χ4v) is 1.61. The van der Waals surface area contributed by atoms with Crippen LogP contribution in [0.1, 0.15) is 0 Å². The first-order valence-corrected chi connectivity index (χ1v) is 5.23. The summed E-state index contributed by atoms with van der Waals surface area (Å²) in [6.07, 6.45) is 2.39. The van der Waals surface area contributed by atoms with Gasteiger partial charge in [0.15, 0.2) is 0 Å². The lowest BCUT2D eigenvalue weighted by Crippen LogP contribution is -2.35. The van der Waals surface area contributed by atoms with Crippen LogP contribution >= 0.6 is 0 Å². The molecule has 3 N–H and O–H groups in total. The van der Waals surface area contributed by atoms with Crippen molar-refractivity contribution in [1.82, 2.24) is 20.2 Å². The number of nitrogens with zero attached hydrogens (tertiary/aromatic N) is 1. The molecule has 7 nitrogen and oxygen atoms in total. The maximum absolute atomic E-state index is 11.4. The van der Waals surface area contributed by atoms with E-state index in [9.17, 15) is 13.2 Å². The quantitative estimate of drug-likeness (QED) is 0.568. The van der Waals surface area contributed by atoms with Gasteiger partial charge in [-0.3, -0.25) is 9.89 Å². The van der Waals surface area contributed by atoms with E-state index >= 15 is 0 Å². The van der Waals surface area contributed by atoms with Gasteiger partial charge in [-0.05, 0) is 0 Å². The third-order valence-corrected chi connectivity index (χ3v) is 2.85. The lowest BCUT2D eigenvalue weighted by Gasteiger charge is -2.02. The molecule has 0 bridgehead atoms. The van der Waals surface area contributed by atoms with E-state index in [-0.39, 0.29) is 11.4 Å². The lowest BCUT2D eigenvalue weighted by molar-refractivity contribution is -0.119. The Bertz CT molecular complexity index is 397. The molecule has 0 saturated carbocycles. The zero-order valence-electron chi connectivity index (χ0n) is 7.44. The number of hydrogen-bond acceptors (Lipinski definition) is 4. The number of carbonyl (C=O) groups excluding carboxylic acids is 1. The summed E-state index contributed by atoms with van der Waals surface area (Å²) in [5, 5.41) is 8.15. The maximum atomic E-state index is 11.4. The highest BCUT2D eigenvalue weighted by Crippen LogP contribution is 2.02. The molecular weight excluding hydrogens is 208 g/mol. The van der Waals surface area contributed by atoms with E-state index in [2.05, 4.69) is 20.2 Å². The van der Waals surface area contributed by atoms with Gasteiger partial charge >= 0.3 is 0 Å². The topological polar surface area (TPSA) is 104 Å². The third-order valence-electron chi connectivity index (χ3n) is 1.49. The number of nitrogens with one attached hydrogen (secondary N) is 3. The van der Waals surface area contributed by atoms with Gasteiger partial charge in [-0.15, -0.1) is 0 Å². The van der Waals surface area contributed by atoms with E-state index < -0.39 is 15.9 Å². The molecule has 78 valence electrons. The molecule has 0 fully saturated rings. The zero-order chi connectivity index (χ0) is 10.6. The second kappa shape index (κ2) is 4.20. The number of carbonyl (C=O) groups is 1. The van der Waals surface area contributed by atoms with Crippen LogP contribution in [0.15, 0.2) is 17.3 Å². The molecule has 14 heavy (non-hydrogen) atoms. The fourth-order valence-electron chi connectivity index (χ4n) is 0.718. The van der Waals surface area contributed by atoms with Crippen LogP contribution < -0.4 is 10.0 Å². The van der Waals surface area contributed by atoms with Crippen molar-refractivity contribution in [2.45, 2.75) is 4.90 Å². The van der Waals surface area contributed by atoms with E-state index in [1.165, 1.54) is 13.2 Å². The lowest BCUT2D eigenvalue weighted by atomic mass is 10.6. The molecule has 0 aliphatic heterocycles. The molecule has 1 aromatic heterocycles. The van der Waals surface area contributed by atoms with Gasteiger partial charge in [-0.25, -0.2) is 13.1 Å². The first-order chi connectivity index (χ1) is 6.56. The molecule has 1 aromatic rings. The van der Waals surface area contributed by atoms with Crippen LogP contribution in [0.4, 0.5) is 0 Å². The predicted molar refractivity (Wildman–Crippen MR) is 47.8 cm³/mol. The second-order valence-corrected chi connectivity index (χ2v) is 4.20. The molecule has 0 saturated heterocycles. The number of H-pyrrole nitrogens is 1. The number of aromatic nitrogens is 2. The first kappa shape index (κ1) is 10.7. The monoisotopic (exact) mass is 218 g/mol. The van der Waals surface area contributed by atoms with Crippen LogP contribution in [0.2, 0.25) is 0 Å². The van der Waals surface area contributed by atoms with Gasteiger partial charge in [0, 0.05) is 13.2 Å². The molecule has 1 heterocycles. The Kier molecular flexibility index (Phi) is 3.20. The smallest absolute Gasteiger partial charge is 0.244 e. The van der Waals surface area contributed by atoms with Gasteiger partial charge in [0.1, 0.15) is 4.90 Å². The van der Waals surface area contributed by atoms with E-state index in [1.54, 1.807) is 0 Å². The van der Waals surface area contributed by atoms with Crippen LogP contribution in [0.5, 0.6) is 0 Å². The Morgan fingerprint density at radius 3 is 2.86 bits per heavy atom. The fraction of sp³-hybridized carbons (Fsp3) is 0.333. The molecule has 0 unspecified atom stereocenters. The average Bonchev–Trinajstić information content (AvgIpc) is 2.67. The van der Waals surface area contributed by atoms with Crippen molar-refractivity contribution in [1.29, 1.82) is 0 Å². The van der Waals surface area contributed by atoms with Crippen LogP contribution in [-0.4, -0.2) is 38.1 Å². The van der Waals surface area contributed by atoms with E-state index in [4.69, 9.17) is 0 Å². The molecule has 1 rings (SSSR count). The van der Waals surface area contributed by atoms with Crippen molar-refractivity contribution < 1.29 is 13.2 Å². The maximum Gasteiger partial charge on any atom is 0.244 e. The summed E-state index contributed by atoms with van der Waals surface area (Å²) in [5.74, 6) is -0.405. The highest BCUT2D eigenvalue weighted by molar-refractivity contribution is 7.89. The van der Waals surface area contributed by atoms with Gasteiger partial charge in [0.05, 0.1) is 12.7 Å². The average molecular weight is 218 g/mol. The van der Waals surface area contributed by atoms with Crippen molar-refractivity contribution in [3.05, 3.63) is 12.4 Å². The van der Waals surface area contributed by atoms with E-state index in [0.717, 1.165) is 6.20 Å². The van der Waals surface area contributed by atoms with Crippen LogP contribution in [0.3, 0.4) is 0 Å². The van der Waals surface area contributed by atoms with Crippen LogP contribution in [0, 0.1) is 0 Å². The summed E-state index contributed by atoms with van der Waals surface area (Å²) in [6, 6.07) is 0. The van der Waals surface area contributed by atoms with Gasteiger partial charge in [0.25, 0.3) is 0 Å². The minimum Gasteiger partial charge on any atom is -0.358 e. The Labute approximate surface area is 80.9 Å². The Hall–Kier alpha value is -1.41. The zero-order valence-corrected chi connectivity index (χ0v) is 8.26. The number of sulfonamides is 1. The van der Waals surface area contributed by atoms with Gasteiger partial charge in [-0.1, -0.05) is 0 Å². The van der Waals surface area contributed by atoms with Crippen molar-refractivity contribution in [3.8, 4) is 0 Å².